The van der Waals surface area contributed by atoms with Gasteiger partial charge in [0.05, 0.1) is 12.7 Å². The van der Waals surface area contributed by atoms with Crippen molar-refractivity contribution in [2.24, 2.45) is 11.8 Å². The average Bonchev–Trinajstić information content (AvgIpc) is 3.18. The fourth-order valence-corrected chi connectivity index (χ4v) is 4.48. The van der Waals surface area contributed by atoms with Gasteiger partial charge in [-0.3, -0.25) is 9.59 Å². The molecular weight excluding hydrogens is 368 g/mol. The number of fused-ring (bicyclic) bond motifs is 2. The number of hydrogen-bond acceptors (Lipinski definition) is 4. The first-order chi connectivity index (χ1) is 14.1. The van der Waals surface area contributed by atoms with Crippen LogP contribution in [0.1, 0.15) is 22.5 Å². The number of H-pyrrole nitrogens is 1. The molecule has 2 fully saturated rings. The number of aromatic amines is 1. The van der Waals surface area contributed by atoms with Crippen molar-refractivity contribution in [3.05, 3.63) is 60.2 Å². The largest absolute Gasteiger partial charge is 0.507 e. The second kappa shape index (κ2) is 6.92. The number of phenolic OH excluding ortho intramolecular Hbond substituents is 1. The summed E-state index contributed by atoms with van der Waals surface area (Å²) < 4.78 is 0. The standard InChI is InChI=1S/C22H22N4O3/c27-20-6-14(5-13-3-1-2-4-17(13)20)22(29)26-11-15(18-8-19(18)26)9-24-21(28)7-16-10-23-12-25-16/h1-6,10,12,15,18-19,27H,7-9,11H2,(H,23,25)(H,24,28). The lowest BCUT2D eigenvalue weighted by molar-refractivity contribution is -0.120. The van der Waals surface area contributed by atoms with Crippen LogP contribution in [-0.2, 0) is 11.2 Å². The molecule has 0 radical (unpaired) electrons. The van der Waals surface area contributed by atoms with Crippen molar-refractivity contribution < 1.29 is 14.7 Å². The van der Waals surface area contributed by atoms with E-state index in [2.05, 4.69) is 15.3 Å². The van der Waals surface area contributed by atoms with E-state index in [1.54, 1.807) is 18.6 Å². The first-order valence-electron chi connectivity index (χ1n) is 9.87. The molecule has 3 atom stereocenters. The third-order valence-corrected chi connectivity index (χ3v) is 6.06. The van der Waals surface area contributed by atoms with E-state index in [0.29, 0.717) is 24.6 Å². The van der Waals surface area contributed by atoms with E-state index >= 15 is 0 Å². The van der Waals surface area contributed by atoms with Crippen LogP contribution < -0.4 is 5.32 Å². The van der Waals surface area contributed by atoms with Crippen LogP contribution in [-0.4, -0.2) is 50.9 Å². The van der Waals surface area contributed by atoms with E-state index in [1.165, 1.54) is 0 Å². The summed E-state index contributed by atoms with van der Waals surface area (Å²) in [7, 11) is 0. The minimum Gasteiger partial charge on any atom is -0.507 e. The maximum Gasteiger partial charge on any atom is 0.254 e. The van der Waals surface area contributed by atoms with Crippen molar-refractivity contribution in [1.82, 2.24) is 20.2 Å². The van der Waals surface area contributed by atoms with Crippen molar-refractivity contribution in [3.63, 3.8) is 0 Å². The van der Waals surface area contributed by atoms with E-state index in [1.807, 2.05) is 35.2 Å². The highest BCUT2D eigenvalue weighted by molar-refractivity contribution is 6.01. The molecule has 7 nitrogen and oxygen atoms in total. The van der Waals surface area contributed by atoms with Crippen molar-refractivity contribution in [2.75, 3.05) is 13.1 Å². The van der Waals surface area contributed by atoms with Gasteiger partial charge in [-0.1, -0.05) is 24.3 Å². The summed E-state index contributed by atoms with van der Waals surface area (Å²) in [5.41, 5.74) is 1.29. The lowest BCUT2D eigenvalue weighted by Crippen LogP contribution is -2.36. The number of carbonyl (C=O) groups is 2. The zero-order valence-corrected chi connectivity index (χ0v) is 15.8. The summed E-state index contributed by atoms with van der Waals surface area (Å²) in [6.07, 6.45) is 4.46. The van der Waals surface area contributed by atoms with Crippen LogP contribution in [0.25, 0.3) is 10.8 Å². The van der Waals surface area contributed by atoms with E-state index in [4.69, 9.17) is 0 Å². The molecule has 2 amide bonds. The third kappa shape index (κ3) is 3.33. The number of aromatic hydroxyl groups is 1. The molecule has 7 heteroatoms. The van der Waals surface area contributed by atoms with Gasteiger partial charge in [0.15, 0.2) is 0 Å². The SMILES string of the molecule is O=C(Cc1cnc[nH]1)NCC1CN(C(=O)c2cc(O)c3ccccc3c2)C2CC12. The number of rotatable bonds is 5. The van der Waals surface area contributed by atoms with E-state index in [0.717, 1.165) is 22.9 Å². The topological polar surface area (TPSA) is 98.3 Å². The van der Waals surface area contributed by atoms with Crippen LogP contribution in [0.5, 0.6) is 5.75 Å². The fourth-order valence-electron chi connectivity index (χ4n) is 4.48. The third-order valence-electron chi connectivity index (χ3n) is 6.06. The molecule has 2 heterocycles. The van der Waals surface area contributed by atoms with Crippen LogP contribution in [0, 0.1) is 11.8 Å². The Kier molecular flexibility index (Phi) is 4.23. The minimum absolute atomic E-state index is 0.0457. The Balaban J connectivity index is 1.24. The van der Waals surface area contributed by atoms with Crippen molar-refractivity contribution >= 4 is 22.6 Å². The molecule has 0 bridgehead atoms. The van der Waals surface area contributed by atoms with Gasteiger partial charge in [-0.15, -0.1) is 0 Å². The lowest BCUT2D eigenvalue weighted by atomic mass is 10.0. The number of benzene rings is 2. The zero-order valence-electron chi connectivity index (χ0n) is 15.8. The fraction of sp³-hybridized carbons (Fsp3) is 0.318. The molecule has 5 rings (SSSR count). The quantitative estimate of drug-likeness (QED) is 0.621. The molecule has 29 heavy (non-hydrogen) atoms. The molecule has 148 valence electrons. The number of aromatic nitrogens is 2. The van der Waals surface area contributed by atoms with Gasteiger partial charge in [0, 0.05) is 42.0 Å². The van der Waals surface area contributed by atoms with Crippen molar-refractivity contribution in [2.45, 2.75) is 18.9 Å². The highest BCUT2D eigenvalue weighted by Crippen LogP contribution is 2.48. The second-order valence-corrected chi connectivity index (χ2v) is 7.96. The monoisotopic (exact) mass is 390 g/mol. The van der Waals surface area contributed by atoms with Gasteiger partial charge in [0.25, 0.3) is 5.91 Å². The molecule has 0 spiro atoms. The smallest absolute Gasteiger partial charge is 0.254 e. The van der Waals surface area contributed by atoms with Crippen LogP contribution in [0.15, 0.2) is 48.9 Å². The van der Waals surface area contributed by atoms with Crippen molar-refractivity contribution in [3.8, 4) is 5.75 Å². The maximum absolute atomic E-state index is 13.1. The average molecular weight is 390 g/mol. The Bertz CT molecular complexity index is 1080. The number of likely N-dealkylation sites (tertiary alicyclic amines) is 1. The van der Waals surface area contributed by atoms with E-state index in [-0.39, 0.29) is 35.9 Å². The molecule has 1 saturated carbocycles. The predicted octanol–water partition coefficient (Wildman–Crippen LogP) is 2.09. The highest BCUT2D eigenvalue weighted by atomic mass is 16.3. The predicted molar refractivity (Wildman–Crippen MR) is 107 cm³/mol. The molecular formula is C22H22N4O3. The van der Waals surface area contributed by atoms with Crippen LogP contribution >= 0.6 is 0 Å². The molecule has 1 aromatic heterocycles. The van der Waals surface area contributed by atoms with Gasteiger partial charge in [-0.25, -0.2) is 4.98 Å². The summed E-state index contributed by atoms with van der Waals surface area (Å²) in [6, 6.07) is 11.1. The molecule has 2 aliphatic rings. The van der Waals surface area contributed by atoms with Crippen LogP contribution in [0.3, 0.4) is 0 Å². The first kappa shape index (κ1) is 17.7. The molecule has 1 aliphatic heterocycles. The first-order valence-corrected chi connectivity index (χ1v) is 9.87. The Morgan fingerprint density at radius 3 is 2.97 bits per heavy atom. The normalized spacial score (nSPS) is 22.5. The molecule has 3 aromatic rings. The number of piperidine rings is 1. The maximum atomic E-state index is 13.1. The van der Waals surface area contributed by atoms with Gasteiger partial charge in [-0.2, -0.15) is 0 Å². The van der Waals surface area contributed by atoms with E-state index in [9.17, 15) is 14.7 Å². The Morgan fingerprint density at radius 1 is 1.28 bits per heavy atom. The molecule has 2 aromatic carbocycles. The Labute approximate surface area is 167 Å². The molecule has 3 unspecified atom stereocenters. The highest BCUT2D eigenvalue weighted by Gasteiger charge is 2.54. The van der Waals surface area contributed by atoms with Crippen molar-refractivity contribution in [1.29, 1.82) is 0 Å². The number of phenols is 1. The number of carbonyl (C=O) groups excluding carboxylic acids is 2. The number of amides is 2. The lowest BCUT2D eigenvalue weighted by Gasteiger charge is -2.21. The number of imidazole rings is 1. The van der Waals surface area contributed by atoms with Gasteiger partial charge in [0.1, 0.15) is 5.75 Å². The number of hydrogen-bond donors (Lipinski definition) is 3. The summed E-state index contributed by atoms with van der Waals surface area (Å²) in [6.45, 7) is 1.20. The Morgan fingerprint density at radius 2 is 2.14 bits per heavy atom. The molecule has 1 saturated heterocycles. The summed E-state index contributed by atoms with van der Waals surface area (Å²) in [4.78, 5) is 34.0. The van der Waals surface area contributed by atoms with Gasteiger partial charge in [0.2, 0.25) is 5.91 Å². The van der Waals surface area contributed by atoms with Gasteiger partial charge < -0.3 is 20.3 Å². The Hall–Kier alpha value is -3.35. The molecule has 1 aliphatic carbocycles. The number of nitrogens with zero attached hydrogens (tertiary/aromatic N) is 2. The van der Waals surface area contributed by atoms with Crippen LogP contribution in [0.2, 0.25) is 0 Å². The summed E-state index contributed by atoms with van der Waals surface area (Å²) >= 11 is 0. The van der Waals surface area contributed by atoms with E-state index < -0.39 is 0 Å². The second-order valence-electron chi connectivity index (χ2n) is 7.96. The zero-order chi connectivity index (χ0) is 20.0. The van der Waals surface area contributed by atoms with Gasteiger partial charge >= 0.3 is 0 Å². The summed E-state index contributed by atoms with van der Waals surface area (Å²) in [5.74, 6) is 0.741. The molecule has 3 N–H and O–H groups in total. The minimum atomic E-state index is -0.0511. The van der Waals surface area contributed by atoms with Gasteiger partial charge in [-0.05, 0) is 35.8 Å². The summed E-state index contributed by atoms with van der Waals surface area (Å²) in [5, 5.41) is 14.9. The van der Waals surface area contributed by atoms with Crippen LogP contribution in [0.4, 0.5) is 0 Å². The number of nitrogens with one attached hydrogen (secondary N) is 2.